The number of carboxylic acid groups (broad SMARTS) is 6. The summed E-state index contributed by atoms with van der Waals surface area (Å²) in [6.07, 6.45) is 1.51. The topological polar surface area (TPSA) is 489 Å². The molecule has 0 atom stereocenters. The molecule has 8 aromatic heterocycles. The maximum Gasteiger partial charge on any atom is 0.335 e. The first kappa shape index (κ1) is 87.9. The lowest BCUT2D eigenvalue weighted by Crippen LogP contribution is -1.95. The Bertz CT molecular complexity index is 6960. The summed E-state index contributed by atoms with van der Waals surface area (Å²) in [5.41, 5.74) is 9.73. The number of aromatic carboxylic acids is 6. The fraction of sp³-hybridized carbons (Fsp3) is 0.0316. The van der Waals surface area contributed by atoms with E-state index in [0.29, 0.717) is 103 Å². The van der Waals surface area contributed by atoms with E-state index in [1.54, 1.807) is 117 Å². The number of thiophene rings is 1. The highest BCUT2D eigenvalue weighted by Gasteiger charge is 2.21. The zero-order valence-electron chi connectivity index (χ0n) is 67.8. The molecule has 6 N–H and O–H groups in total. The summed E-state index contributed by atoms with van der Waals surface area (Å²) in [6.45, 7) is 3.78. The number of carbonyl (C=O) groups is 6. The first-order valence-electron chi connectivity index (χ1n) is 38.5. The number of rotatable bonds is 21. The summed E-state index contributed by atoms with van der Waals surface area (Å²) in [5.74, 6) is 0.576. The Morgan fingerprint density at radius 2 is 0.662 bits per heavy atom. The molecule has 0 aliphatic heterocycles. The molecular weight excluding hydrogens is 1700 g/mol. The van der Waals surface area contributed by atoms with Gasteiger partial charge in [0.2, 0.25) is 34.9 Å². The van der Waals surface area contributed by atoms with Crippen LogP contribution in [0.25, 0.3) is 137 Å². The number of hydrogen-bond acceptors (Lipinski definition) is 28. The van der Waals surface area contributed by atoms with E-state index in [9.17, 15) is 33.2 Å². The van der Waals surface area contributed by atoms with Gasteiger partial charge in [0, 0.05) is 44.5 Å². The van der Waals surface area contributed by atoms with Gasteiger partial charge in [-0.1, -0.05) is 164 Å². The first-order valence-corrected chi connectivity index (χ1v) is 39.3. The molecule has 0 aliphatic rings. The number of hydrogen-bond donors (Lipinski definition) is 6. The Hall–Kier alpha value is -18.4. The summed E-state index contributed by atoms with van der Waals surface area (Å²) in [4.78, 5) is 91.5. The van der Waals surface area contributed by atoms with Crippen molar-refractivity contribution in [2.75, 3.05) is 7.11 Å². The predicted molar refractivity (Wildman–Crippen MR) is 465 cm³/mol. The van der Waals surface area contributed by atoms with Crippen LogP contribution < -0.4 is 9.47 Å². The van der Waals surface area contributed by atoms with Gasteiger partial charge in [-0.25, -0.2) is 33.2 Å². The number of halogens is 1. The number of aryl methyl sites for hydroxylation is 2. The van der Waals surface area contributed by atoms with Crippen LogP contribution in [0.1, 0.15) is 73.3 Å². The Morgan fingerprint density at radius 3 is 1.05 bits per heavy atom. The fourth-order valence-electron chi connectivity index (χ4n) is 11.8. The second kappa shape index (κ2) is 41.2. The molecule has 0 bridgehead atoms. The van der Waals surface area contributed by atoms with Crippen molar-refractivity contribution < 1.29 is 105 Å². The molecule has 0 amide bonds. The standard InChI is InChI=1S/C21H14N2O4.C16H11FN2O3.C16H12N2O4.C16H12N2O3.C13H8N2O4.C13H8N2O3S/c24-21(25)16-8-6-14(7-9-16)19-22-20(27-23-19)15-10-12-18(13-11-15)26-17-4-2-1-3-5-17;1-9-2-7-12(13(17)8-9)15-18-14(19-22-15)10-3-5-11(6-4-10)16(20)21;1-21-13-5-3-2-4-12(13)15-17-14(18-22-15)10-6-8-11(9-7-10)16(19)20;1-10-3-2-4-13(9-10)15-17-14(18-21-15)11-5-7-12(8-6-11)16(19)20;16-13(17)9-5-3-8(4-6-9)11-14-12(19-15-11)10-2-1-7-18-10;16-13(17)9-5-3-8(4-6-9)11-14-12(18-15-11)10-2-1-7-19-10/h1-13H,(H,24,25);2-8H,1H3,(H,20,21);2-9H,1H3,(H,19,20);2-9H,1H3,(H,19,20);2*1-7H,(H,16,17). The zero-order valence-corrected chi connectivity index (χ0v) is 68.6. The van der Waals surface area contributed by atoms with Gasteiger partial charge < -0.3 is 71.7 Å². The van der Waals surface area contributed by atoms with Crippen LogP contribution in [-0.2, 0) is 0 Å². The molecule has 11 aromatic carbocycles. The van der Waals surface area contributed by atoms with Gasteiger partial charge in [-0.2, -0.15) is 29.9 Å². The minimum Gasteiger partial charge on any atom is -0.496 e. The Kier molecular flexibility index (Phi) is 27.9. The van der Waals surface area contributed by atoms with E-state index in [-0.39, 0.29) is 56.6 Å². The molecule has 0 spiro atoms. The van der Waals surface area contributed by atoms with Crippen molar-refractivity contribution in [3.8, 4) is 154 Å². The minimum atomic E-state index is -1.01. The van der Waals surface area contributed by atoms with Crippen LogP contribution in [0.2, 0.25) is 0 Å². The van der Waals surface area contributed by atoms with Crippen molar-refractivity contribution >= 4 is 47.2 Å². The molecule has 644 valence electrons. The number of aromatic nitrogens is 12. The van der Waals surface area contributed by atoms with Gasteiger partial charge in [-0.05, 0) is 189 Å². The highest BCUT2D eigenvalue weighted by atomic mass is 32.1. The third-order valence-corrected chi connectivity index (χ3v) is 19.3. The largest absolute Gasteiger partial charge is 0.496 e. The molecule has 8 heterocycles. The maximum atomic E-state index is 13.9. The number of carboxylic acids is 6. The molecule has 33 nitrogen and oxygen atoms in total. The second-order valence-corrected chi connectivity index (χ2v) is 28.2. The van der Waals surface area contributed by atoms with E-state index in [0.717, 1.165) is 38.4 Å². The zero-order chi connectivity index (χ0) is 91.2. The quantitative estimate of drug-likeness (QED) is 0.0389. The van der Waals surface area contributed by atoms with Gasteiger partial charge >= 0.3 is 35.8 Å². The molecule has 19 aromatic rings. The number of ether oxygens (including phenoxy) is 2. The smallest absolute Gasteiger partial charge is 0.335 e. The van der Waals surface area contributed by atoms with E-state index in [4.69, 9.17) is 71.7 Å². The van der Waals surface area contributed by atoms with Gasteiger partial charge in [-0.15, -0.1) is 11.3 Å². The summed E-state index contributed by atoms with van der Waals surface area (Å²) in [5, 5.41) is 78.5. The molecule has 0 radical (unpaired) electrons. The van der Waals surface area contributed by atoms with Crippen molar-refractivity contribution in [2.24, 2.45) is 0 Å². The summed E-state index contributed by atoms with van der Waals surface area (Å²) < 4.78 is 61.2. The van der Waals surface area contributed by atoms with Gasteiger partial charge in [0.1, 0.15) is 23.1 Å². The number of nitrogens with zero attached hydrogens (tertiary/aromatic N) is 12. The van der Waals surface area contributed by atoms with Crippen molar-refractivity contribution in [1.82, 2.24) is 60.8 Å². The van der Waals surface area contributed by atoms with Crippen molar-refractivity contribution in [2.45, 2.75) is 13.8 Å². The Morgan fingerprint density at radius 1 is 0.308 bits per heavy atom. The first-order chi connectivity index (χ1) is 63.0. The molecule has 0 unspecified atom stereocenters. The maximum absolute atomic E-state index is 13.9. The van der Waals surface area contributed by atoms with E-state index < -0.39 is 41.6 Å². The molecule has 130 heavy (non-hydrogen) atoms. The number of para-hydroxylation sites is 2. The number of benzene rings is 11. The van der Waals surface area contributed by atoms with Crippen LogP contribution in [0.3, 0.4) is 0 Å². The second-order valence-electron chi connectivity index (χ2n) is 27.3. The van der Waals surface area contributed by atoms with Gasteiger partial charge in [0.25, 0.3) is 35.3 Å². The summed E-state index contributed by atoms with van der Waals surface area (Å²) in [6, 6.07) is 81.4. The van der Waals surface area contributed by atoms with Crippen LogP contribution in [0.4, 0.5) is 4.39 Å². The lowest BCUT2D eigenvalue weighted by molar-refractivity contribution is 0.0686. The summed E-state index contributed by atoms with van der Waals surface area (Å²) in [7, 11) is 1.57. The number of methoxy groups -OCH3 is 1. The molecular formula is C95H65FN12O21S. The van der Waals surface area contributed by atoms with Crippen LogP contribution in [-0.4, -0.2) is 134 Å². The van der Waals surface area contributed by atoms with Gasteiger partial charge in [-0.3, -0.25) is 0 Å². The molecule has 0 aliphatic carbocycles. The van der Waals surface area contributed by atoms with Crippen LogP contribution in [0, 0.1) is 19.7 Å². The SMILES string of the molecule is COc1ccccc1-c1nc(-c2ccc(C(=O)O)cc2)no1.Cc1ccc(-c2nc(-c3ccc(C(=O)O)cc3)no2)c(F)c1.Cc1cccc(-c2nc(-c3ccc(C(=O)O)cc3)no2)c1.O=C(O)c1ccc(-c2noc(-c3ccc(Oc4ccccc4)cc3)n2)cc1.O=C(O)c1ccc(-c2noc(-c3ccco3)n2)cc1.O=C(O)c1ccc(-c2noc(-c3cccs3)n2)cc1. The lowest BCUT2D eigenvalue weighted by atomic mass is 10.1. The Balaban J connectivity index is 0.000000126. The van der Waals surface area contributed by atoms with Crippen molar-refractivity contribution in [1.29, 1.82) is 0 Å². The predicted octanol–water partition coefficient (Wildman–Crippen LogP) is 20.8. The summed E-state index contributed by atoms with van der Waals surface area (Å²) >= 11 is 1.52. The van der Waals surface area contributed by atoms with Crippen LogP contribution in [0.5, 0.6) is 17.2 Å². The van der Waals surface area contributed by atoms with Crippen molar-refractivity contribution in [3.05, 3.63) is 353 Å². The third-order valence-electron chi connectivity index (χ3n) is 18.4. The lowest BCUT2D eigenvalue weighted by Gasteiger charge is -2.05. The van der Waals surface area contributed by atoms with E-state index in [2.05, 4.69) is 60.8 Å². The third kappa shape index (κ3) is 22.5. The number of furan rings is 1. The highest BCUT2D eigenvalue weighted by Crippen LogP contribution is 2.34. The fourth-order valence-corrected chi connectivity index (χ4v) is 12.4. The average Bonchev–Trinajstić information content (AvgIpc) is 1.43. The van der Waals surface area contributed by atoms with E-state index in [1.807, 2.05) is 121 Å². The molecule has 35 heteroatoms. The Labute approximate surface area is 736 Å². The molecule has 0 fully saturated rings. The van der Waals surface area contributed by atoms with Crippen LogP contribution >= 0.6 is 11.3 Å². The van der Waals surface area contributed by atoms with E-state index in [1.165, 1.54) is 96.5 Å². The molecule has 0 saturated heterocycles. The molecule has 0 saturated carbocycles. The highest BCUT2D eigenvalue weighted by molar-refractivity contribution is 7.13. The van der Waals surface area contributed by atoms with E-state index >= 15 is 0 Å². The molecule has 19 rings (SSSR count). The average molecular weight is 1760 g/mol. The van der Waals surface area contributed by atoms with Crippen LogP contribution in [0.15, 0.2) is 334 Å². The monoisotopic (exact) mass is 1760 g/mol. The minimum absolute atomic E-state index is 0.0785. The normalized spacial score (nSPS) is 10.5. The van der Waals surface area contributed by atoms with Crippen molar-refractivity contribution in [3.63, 3.8) is 0 Å². The van der Waals surface area contributed by atoms with Gasteiger partial charge in [0.05, 0.1) is 62.8 Å². The van der Waals surface area contributed by atoms with Gasteiger partial charge in [0.15, 0.2) is 5.76 Å².